The molecule has 0 radical (unpaired) electrons. The second-order valence-corrected chi connectivity index (χ2v) is 5.97. The number of methoxy groups -OCH3 is 1. The Labute approximate surface area is 148 Å². The summed E-state index contributed by atoms with van der Waals surface area (Å²) in [7, 11) is 1.32. The molecule has 25 heavy (non-hydrogen) atoms. The number of carbonyl (C=O) groups is 2. The van der Waals surface area contributed by atoms with Crippen molar-refractivity contribution in [2.75, 3.05) is 12.4 Å². The van der Waals surface area contributed by atoms with Crippen molar-refractivity contribution in [3.8, 4) is 5.75 Å². The molecule has 0 fully saturated rings. The molecule has 132 valence electrons. The molecule has 2 aromatic carbocycles. The predicted octanol–water partition coefficient (Wildman–Crippen LogP) is 3.80. The van der Waals surface area contributed by atoms with E-state index in [1.54, 1.807) is 25.1 Å². The second kappa shape index (κ2) is 7.83. The molecule has 0 saturated carbocycles. The number of ether oxygens (including phenoxy) is 2. The lowest BCUT2D eigenvalue weighted by Crippen LogP contribution is -2.30. The van der Waals surface area contributed by atoms with Crippen LogP contribution in [-0.4, -0.2) is 25.1 Å². The molecule has 5 heteroatoms. The van der Waals surface area contributed by atoms with Crippen molar-refractivity contribution in [3.05, 3.63) is 58.7 Å². The van der Waals surface area contributed by atoms with Crippen molar-refractivity contribution < 1.29 is 19.1 Å². The molecule has 0 unspecified atom stereocenters. The van der Waals surface area contributed by atoms with E-state index in [4.69, 9.17) is 9.47 Å². The molecule has 1 N–H and O–H groups in total. The Morgan fingerprint density at radius 2 is 1.76 bits per heavy atom. The summed E-state index contributed by atoms with van der Waals surface area (Å²) in [5.74, 6) is -0.0520. The molecule has 1 amide bonds. The molecular formula is C20H23NO4. The predicted molar refractivity (Wildman–Crippen MR) is 97.2 cm³/mol. The first-order valence-electron chi connectivity index (χ1n) is 8.06. The van der Waals surface area contributed by atoms with Gasteiger partial charge in [0.1, 0.15) is 5.75 Å². The molecule has 0 aliphatic carbocycles. The van der Waals surface area contributed by atoms with E-state index < -0.39 is 12.1 Å². The Hall–Kier alpha value is -2.82. The van der Waals surface area contributed by atoms with Crippen LogP contribution in [0.4, 0.5) is 5.69 Å². The first kappa shape index (κ1) is 18.5. The van der Waals surface area contributed by atoms with Gasteiger partial charge in [0.15, 0.2) is 6.10 Å². The maximum absolute atomic E-state index is 12.5. The zero-order valence-corrected chi connectivity index (χ0v) is 15.2. The van der Waals surface area contributed by atoms with Crippen LogP contribution in [0, 0.1) is 20.8 Å². The van der Waals surface area contributed by atoms with Gasteiger partial charge in [0.2, 0.25) is 0 Å². The van der Waals surface area contributed by atoms with Gasteiger partial charge in [-0.1, -0.05) is 18.2 Å². The van der Waals surface area contributed by atoms with Crippen LogP contribution in [0.15, 0.2) is 36.4 Å². The third-order valence-electron chi connectivity index (χ3n) is 4.14. The van der Waals surface area contributed by atoms with Gasteiger partial charge in [-0.3, -0.25) is 4.79 Å². The first-order chi connectivity index (χ1) is 11.8. The average molecular weight is 341 g/mol. The highest BCUT2D eigenvalue weighted by Crippen LogP contribution is 2.23. The van der Waals surface area contributed by atoms with E-state index in [0.717, 1.165) is 16.7 Å². The summed E-state index contributed by atoms with van der Waals surface area (Å²) >= 11 is 0. The molecule has 0 spiro atoms. The molecular weight excluding hydrogens is 318 g/mol. The van der Waals surface area contributed by atoms with Crippen molar-refractivity contribution in [1.82, 2.24) is 0 Å². The molecule has 5 nitrogen and oxygen atoms in total. The van der Waals surface area contributed by atoms with Crippen molar-refractivity contribution in [1.29, 1.82) is 0 Å². The van der Waals surface area contributed by atoms with Gasteiger partial charge < -0.3 is 14.8 Å². The summed E-state index contributed by atoms with van der Waals surface area (Å²) < 4.78 is 10.5. The van der Waals surface area contributed by atoms with Crippen LogP contribution in [0.3, 0.4) is 0 Å². The number of esters is 1. The number of anilines is 1. The van der Waals surface area contributed by atoms with Gasteiger partial charge >= 0.3 is 5.97 Å². The molecule has 0 saturated heterocycles. The van der Waals surface area contributed by atoms with Gasteiger partial charge in [0.05, 0.1) is 12.7 Å². The lowest BCUT2D eigenvalue weighted by Gasteiger charge is -2.18. The SMILES string of the molecule is COC(=O)c1ccc(C)c(NC(=O)[C@@H](C)Oc2cccc(C)c2C)c1. The van der Waals surface area contributed by atoms with Crippen LogP contribution in [0.1, 0.15) is 34.0 Å². The molecule has 0 aliphatic heterocycles. The van der Waals surface area contributed by atoms with Gasteiger partial charge in [0.25, 0.3) is 5.91 Å². The number of amides is 1. The fourth-order valence-corrected chi connectivity index (χ4v) is 2.33. The number of carbonyl (C=O) groups excluding carboxylic acids is 2. The monoisotopic (exact) mass is 341 g/mol. The van der Waals surface area contributed by atoms with E-state index in [0.29, 0.717) is 17.0 Å². The van der Waals surface area contributed by atoms with E-state index >= 15 is 0 Å². The van der Waals surface area contributed by atoms with Gasteiger partial charge in [-0.15, -0.1) is 0 Å². The third-order valence-corrected chi connectivity index (χ3v) is 4.14. The number of aryl methyl sites for hydroxylation is 2. The van der Waals surface area contributed by atoms with Crippen molar-refractivity contribution in [3.63, 3.8) is 0 Å². The highest BCUT2D eigenvalue weighted by atomic mass is 16.5. The normalized spacial score (nSPS) is 11.6. The van der Waals surface area contributed by atoms with Crippen LogP contribution in [0.5, 0.6) is 5.75 Å². The van der Waals surface area contributed by atoms with E-state index in [2.05, 4.69) is 5.32 Å². The number of benzene rings is 2. The quantitative estimate of drug-likeness (QED) is 0.840. The molecule has 0 heterocycles. The van der Waals surface area contributed by atoms with Gasteiger partial charge in [-0.25, -0.2) is 4.79 Å². The van der Waals surface area contributed by atoms with E-state index in [9.17, 15) is 9.59 Å². The summed E-state index contributed by atoms with van der Waals surface area (Å²) in [5.41, 5.74) is 3.90. The largest absolute Gasteiger partial charge is 0.481 e. The molecule has 1 atom stereocenters. The minimum Gasteiger partial charge on any atom is -0.481 e. The number of rotatable bonds is 5. The third kappa shape index (κ3) is 4.38. The standard InChI is InChI=1S/C20H23NO4/c1-12-7-6-8-18(14(12)3)25-15(4)19(22)21-17-11-16(20(23)24-5)10-9-13(17)2/h6-11,15H,1-5H3,(H,21,22)/t15-/m1/s1. The van der Waals surface area contributed by atoms with E-state index in [-0.39, 0.29) is 5.91 Å². The highest BCUT2D eigenvalue weighted by Gasteiger charge is 2.18. The fourth-order valence-electron chi connectivity index (χ4n) is 2.33. The van der Waals surface area contributed by atoms with Crippen molar-refractivity contribution in [2.45, 2.75) is 33.8 Å². The van der Waals surface area contributed by atoms with Crippen LogP contribution >= 0.6 is 0 Å². The van der Waals surface area contributed by atoms with Crippen molar-refractivity contribution >= 4 is 17.6 Å². The van der Waals surface area contributed by atoms with Crippen LogP contribution in [0.25, 0.3) is 0 Å². The summed E-state index contributed by atoms with van der Waals surface area (Å²) in [5, 5.41) is 2.81. The Morgan fingerprint density at radius 1 is 1.04 bits per heavy atom. The topological polar surface area (TPSA) is 64.6 Å². The number of hydrogen-bond acceptors (Lipinski definition) is 4. The molecule has 2 aromatic rings. The summed E-state index contributed by atoms with van der Waals surface area (Å²) in [4.78, 5) is 24.1. The Kier molecular flexibility index (Phi) is 5.80. The smallest absolute Gasteiger partial charge is 0.337 e. The van der Waals surface area contributed by atoms with Crippen LogP contribution in [0.2, 0.25) is 0 Å². The zero-order chi connectivity index (χ0) is 18.6. The summed E-state index contributed by atoms with van der Waals surface area (Å²) in [6.07, 6.45) is -0.679. The Bertz CT molecular complexity index is 798. The van der Waals surface area contributed by atoms with E-state index in [1.807, 2.05) is 39.0 Å². The minimum absolute atomic E-state index is 0.286. The molecule has 0 bridgehead atoms. The fraction of sp³-hybridized carbons (Fsp3) is 0.300. The minimum atomic E-state index is -0.679. The lowest BCUT2D eigenvalue weighted by atomic mass is 10.1. The van der Waals surface area contributed by atoms with Gasteiger partial charge in [-0.2, -0.15) is 0 Å². The zero-order valence-electron chi connectivity index (χ0n) is 15.2. The van der Waals surface area contributed by atoms with Crippen LogP contribution in [-0.2, 0) is 9.53 Å². The highest BCUT2D eigenvalue weighted by molar-refractivity contribution is 5.97. The first-order valence-corrected chi connectivity index (χ1v) is 8.06. The average Bonchev–Trinajstić information content (AvgIpc) is 2.60. The number of hydrogen-bond donors (Lipinski definition) is 1. The summed E-state index contributed by atoms with van der Waals surface area (Å²) in [6.45, 7) is 7.50. The molecule has 2 rings (SSSR count). The van der Waals surface area contributed by atoms with Crippen molar-refractivity contribution in [2.24, 2.45) is 0 Å². The second-order valence-electron chi connectivity index (χ2n) is 5.97. The Balaban J connectivity index is 2.13. The Morgan fingerprint density at radius 3 is 2.44 bits per heavy atom. The lowest BCUT2D eigenvalue weighted by molar-refractivity contribution is -0.122. The molecule has 0 aromatic heterocycles. The summed E-state index contributed by atoms with van der Waals surface area (Å²) in [6, 6.07) is 10.8. The van der Waals surface area contributed by atoms with Gasteiger partial charge in [0, 0.05) is 5.69 Å². The maximum atomic E-state index is 12.5. The van der Waals surface area contributed by atoms with E-state index in [1.165, 1.54) is 7.11 Å². The molecule has 0 aliphatic rings. The van der Waals surface area contributed by atoms with Crippen LogP contribution < -0.4 is 10.1 Å². The van der Waals surface area contributed by atoms with Gasteiger partial charge in [-0.05, 0) is 62.6 Å². The number of nitrogens with one attached hydrogen (secondary N) is 1. The maximum Gasteiger partial charge on any atom is 0.337 e.